The second-order valence-corrected chi connectivity index (χ2v) is 6.45. The smallest absolute Gasteiger partial charge is 0.272 e. The van der Waals surface area contributed by atoms with E-state index in [1.807, 2.05) is 30.3 Å². The number of allylic oxidation sites excluding steroid dienone is 1. The molecule has 0 aliphatic carbocycles. The van der Waals surface area contributed by atoms with E-state index in [0.717, 1.165) is 5.56 Å². The summed E-state index contributed by atoms with van der Waals surface area (Å²) in [7, 11) is 0. The van der Waals surface area contributed by atoms with Crippen LogP contribution >= 0.6 is 12.2 Å². The van der Waals surface area contributed by atoms with Crippen molar-refractivity contribution in [3.8, 4) is 0 Å². The molecule has 8 heteroatoms. The number of nitrogens with zero attached hydrogens (tertiary/aromatic N) is 1. The van der Waals surface area contributed by atoms with Crippen molar-refractivity contribution in [1.82, 2.24) is 5.43 Å². The fourth-order valence-electron chi connectivity index (χ4n) is 2.26. The van der Waals surface area contributed by atoms with Crippen LogP contribution in [0, 0.1) is 0 Å². The Hall–Kier alpha value is -3.65. The monoisotopic (exact) mass is 408 g/mol. The topological polar surface area (TPSA) is 114 Å². The van der Waals surface area contributed by atoms with Gasteiger partial charge in [-0.25, -0.2) is 0 Å². The standard InChI is InChI=1S/C21H20N4O3S/c1-14(26)16-8-10-17(11-9-16)23-20(28)19(24-25-21(22)29)13-18(27)12-7-15-5-3-2-4-6-15/h2-12H,13H2,1H3,(H,23,28)(H3,22,25,29)/b12-7-,24-19-. The minimum atomic E-state index is -0.592. The summed E-state index contributed by atoms with van der Waals surface area (Å²) < 4.78 is 0. The zero-order valence-corrected chi connectivity index (χ0v) is 16.5. The minimum Gasteiger partial charge on any atom is -0.375 e. The maximum absolute atomic E-state index is 12.5. The molecule has 2 aromatic carbocycles. The molecule has 0 unspecified atom stereocenters. The molecule has 0 bridgehead atoms. The van der Waals surface area contributed by atoms with Gasteiger partial charge in [-0.1, -0.05) is 36.4 Å². The van der Waals surface area contributed by atoms with Gasteiger partial charge >= 0.3 is 0 Å². The largest absolute Gasteiger partial charge is 0.375 e. The molecule has 0 atom stereocenters. The Bertz CT molecular complexity index is 967. The molecule has 0 aliphatic heterocycles. The van der Waals surface area contributed by atoms with Crippen LogP contribution in [0.3, 0.4) is 0 Å². The van der Waals surface area contributed by atoms with Gasteiger partial charge in [0, 0.05) is 11.3 Å². The van der Waals surface area contributed by atoms with Gasteiger partial charge in [-0.2, -0.15) is 5.10 Å². The van der Waals surface area contributed by atoms with Gasteiger partial charge in [-0.3, -0.25) is 19.8 Å². The van der Waals surface area contributed by atoms with Crippen LogP contribution in [0.5, 0.6) is 0 Å². The van der Waals surface area contributed by atoms with Gasteiger partial charge in [0.05, 0.1) is 6.42 Å². The van der Waals surface area contributed by atoms with E-state index in [1.54, 1.807) is 30.3 Å². The number of benzene rings is 2. The highest BCUT2D eigenvalue weighted by Gasteiger charge is 2.16. The predicted octanol–water partition coefficient (Wildman–Crippen LogP) is 2.69. The molecule has 148 valence electrons. The van der Waals surface area contributed by atoms with Crippen LogP contribution in [0.2, 0.25) is 0 Å². The van der Waals surface area contributed by atoms with Crippen LogP contribution < -0.4 is 16.5 Å². The number of carbonyl (C=O) groups excluding carboxylic acids is 3. The highest BCUT2D eigenvalue weighted by Crippen LogP contribution is 2.11. The van der Waals surface area contributed by atoms with Crippen molar-refractivity contribution >= 4 is 52.3 Å². The molecule has 0 spiro atoms. The summed E-state index contributed by atoms with van der Waals surface area (Å²) in [4.78, 5) is 36.2. The Kier molecular flexibility index (Phi) is 7.93. The Balaban J connectivity index is 2.10. The first-order chi connectivity index (χ1) is 13.8. The second kappa shape index (κ2) is 10.6. The summed E-state index contributed by atoms with van der Waals surface area (Å²) in [6.45, 7) is 1.45. The first-order valence-corrected chi connectivity index (χ1v) is 9.06. The molecule has 2 rings (SSSR count). The van der Waals surface area contributed by atoms with E-state index in [-0.39, 0.29) is 28.8 Å². The second-order valence-electron chi connectivity index (χ2n) is 6.01. The van der Waals surface area contributed by atoms with Crippen LogP contribution in [0.25, 0.3) is 6.08 Å². The van der Waals surface area contributed by atoms with E-state index >= 15 is 0 Å². The number of nitrogens with one attached hydrogen (secondary N) is 2. The molecule has 0 saturated carbocycles. The Morgan fingerprint density at radius 3 is 2.31 bits per heavy atom. The first-order valence-electron chi connectivity index (χ1n) is 8.65. The number of thiocarbonyl (C=S) groups is 1. The number of nitrogens with two attached hydrogens (primary N) is 1. The lowest BCUT2D eigenvalue weighted by atomic mass is 10.1. The lowest BCUT2D eigenvalue weighted by molar-refractivity contribution is -0.115. The van der Waals surface area contributed by atoms with Crippen molar-refractivity contribution < 1.29 is 14.4 Å². The molecule has 2 aromatic rings. The van der Waals surface area contributed by atoms with E-state index in [1.165, 1.54) is 13.0 Å². The van der Waals surface area contributed by atoms with Gasteiger partial charge in [-0.15, -0.1) is 0 Å². The number of Topliss-reactive ketones (excluding diaryl/α,β-unsaturated/α-hetero) is 1. The number of hydrogen-bond donors (Lipinski definition) is 3. The van der Waals surface area contributed by atoms with Gasteiger partial charge in [0.25, 0.3) is 5.91 Å². The summed E-state index contributed by atoms with van der Waals surface area (Å²) in [5, 5.41) is 6.34. The van der Waals surface area contributed by atoms with Crippen LogP contribution in [-0.2, 0) is 9.59 Å². The van der Waals surface area contributed by atoms with Crippen LogP contribution in [0.4, 0.5) is 5.69 Å². The van der Waals surface area contributed by atoms with Gasteiger partial charge in [-0.05, 0) is 55.0 Å². The van der Waals surface area contributed by atoms with Gasteiger partial charge in [0.15, 0.2) is 16.7 Å². The molecule has 1 amide bonds. The molecule has 0 aliphatic rings. The number of carbonyl (C=O) groups is 3. The molecule has 0 aromatic heterocycles. The van der Waals surface area contributed by atoms with E-state index in [4.69, 9.17) is 18.0 Å². The quantitative estimate of drug-likeness (QED) is 0.203. The highest BCUT2D eigenvalue weighted by atomic mass is 32.1. The number of rotatable bonds is 8. The molecule has 0 heterocycles. The molecule has 7 nitrogen and oxygen atoms in total. The van der Waals surface area contributed by atoms with Crippen LogP contribution in [-0.4, -0.2) is 28.3 Å². The number of anilines is 1. The van der Waals surface area contributed by atoms with Crippen molar-refractivity contribution in [1.29, 1.82) is 0 Å². The van der Waals surface area contributed by atoms with Crippen molar-refractivity contribution in [2.24, 2.45) is 10.8 Å². The van der Waals surface area contributed by atoms with Crippen molar-refractivity contribution in [2.75, 3.05) is 5.32 Å². The molecular weight excluding hydrogens is 388 g/mol. The molecule has 0 fully saturated rings. The Morgan fingerprint density at radius 2 is 1.72 bits per heavy atom. The third kappa shape index (κ3) is 7.47. The van der Waals surface area contributed by atoms with Crippen molar-refractivity contribution in [3.05, 3.63) is 71.8 Å². The Morgan fingerprint density at radius 1 is 1.07 bits per heavy atom. The first kappa shape index (κ1) is 21.6. The average molecular weight is 408 g/mol. The zero-order chi connectivity index (χ0) is 21.2. The third-order valence-electron chi connectivity index (χ3n) is 3.72. The van der Waals surface area contributed by atoms with Crippen molar-refractivity contribution in [2.45, 2.75) is 13.3 Å². The zero-order valence-electron chi connectivity index (χ0n) is 15.7. The number of amides is 1. The van der Waals surface area contributed by atoms with Crippen LogP contribution in [0.15, 0.2) is 65.8 Å². The summed E-state index contributed by atoms with van der Waals surface area (Å²) in [6, 6.07) is 15.6. The van der Waals surface area contributed by atoms with Crippen molar-refractivity contribution in [3.63, 3.8) is 0 Å². The Labute approximate surface area is 173 Å². The van der Waals surface area contributed by atoms with E-state index in [9.17, 15) is 14.4 Å². The predicted molar refractivity (Wildman–Crippen MR) is 118 cm³/mol. The normalized spacial score (nSPS) is 11.1. The average Bonchev–Trinajstić information content (AvgIpc) is 2.70. The molecular formula is C21H20N4O3S. The van der Waals surface area contributed by atoms with Gasteiger partial charge < -0.3 is 11.1 Å². The lowest BCUT2D eigenvalue weighted by Gasteiger charge is -2.08. The maximum Gasteiger partial charge on any atom is 0.272 e. The summed E-state index contributed by atoms with van der Waals surface area (Å²) in [5.74, 6) is -0.994. The fraction of sp³-hybridized carbons (Fsp3) is 0.0952. The summed E-state index contributed by atoms with van der Waals surface area (Å²) in [5.41, 5.74) is 9.43. The summed E-state index contributed by atoms with van der Waals surface area (Å²) in [6.07, 6.45) is 2.77. The van der Waals surface area contributed by atoms with Crippen LogP contribution in [0.1, 0.15) is 29.3 Å². The SMILES string of the molecule is CC(=O)c1ccc(NC(=O)/C(CC(=O)/C=C\c2ccccc2)=N\NC(N)=S)cc1. The van der Waals surface area contributed by atoms with E-state index in [2.05, 4.69) is 15.8 Å². The third-order valence-corrected chi connectivity index (χ3v) is 3.81. The number of ketones is 2. The molecule has 0 radical (unpaired) electrons. The number of hydrogen-bond acceptors (Lipinski definition) is 5. The molecule has 29 heavy (non-hydrogen) atoms. The van der Waals surface area contributed by atoms with E-state index < -0.39 is 5.91 Å². The molecule has 4 N–H and O–H groups in total. The highest BCUT2D eigenvalue weighted by molar-refractivity contribution is 7.80. The lowest BCUT2D eigenvalue weighted by Crippen LogP contribution is -2.31. The van der Waals surface area contributed by atoms with Gasteiger partial charge in [0.2, 0.25) is 0 Å². The fourth-order valence-corrected chi connectivity index (χ4v) is 2.31. The number of hydrazone groups is 1. The van der Waals surface area contributed by atoms with E-state index in [0.29, 0.717) is 11.3 Å². The minimum absolute atomic E-state index is 0.0819. The maximum atomic E-state index is 12.5. The summed E-state index contributed by atoms with van der Waals surface area (Å²) >= 11 is 4.69. The van der Waals surface area contributed by atoms with Gasteiger partial charge in [0.1, 0.15) is 5.71 Å². The molecule has 0 saturated heterocycles.